The SMILES string of the molecule is COc1ccc([C@H]2CCCN2C(=O)/C=C/c2ccccc2C)c(OC)c1. The van der Waals surface area contributed by atoms with Crippen LogP contribution in [-0.4, -0.2) is 31.6 Å². The van der Waals surface area contributed by atoms with Crippen LogP contribution < -0.4 is 9.47 Å². The van der Waals surface area contributed by atoms with Gasteiger partial charge in [0, 0.05) is 24.3 Å². The summed E-state index contributed by atoms with van der Waals surface area (Å²) >= 11 is 0. The lowest BCUT2D eigenvalue weighted by atomic mass is 10.0. The minimum Gasteiger partial charge on any atom is -0.497 e. The van der Waals surface area contributed by atoms with Crippen LogP contribution in [-0.2, 0) is 4.79 Å². The molecule has 1 atom stereocenters. The second-order valence-corrected chi connectivity index (χ2v) is 6.49. The minimum atomic E-state index is 0.0323. The summed E-state index contributed by atoms with van der Waals surface area (Å²) in [6, 6.07) is 13.9. The largest absolute Gasteiger partial charge is 0.497 e. The van der Waals surface area contributed by atoms with Crippen LogP contribution in [0.2, 0.25) is 0 Å². The van der Waals surface area contributed by atoms with Gasteiger partial charge in [-0.3, -0.25) is 4.79 Å². The summed E-state index contributed by atoms with van der Waals surface area (Å²) in [5.74, 6) is 1.55. The molecule has 4 nitrogen and oxygen atoms in total. The van der Waals surface area contributed by atoms with Gasteiger partial charge in [0.05, 0.1) is 20.3 Å². The summed E-state index contributed by atoms with van der Waals surface area (Å²) in [5, 5.41) is 0. The molecule has 0 N–H and O–H groups in total. The number of aryl methyl sites for hydroxylation is 1. The van der Waals surface area contributed by atoms with Crippen molar-refractivity contribution in [2.45, 2.75) is 25.8 Å². The molecule has 136 valence electrons. The standard InChI is InChI=1S/C22H25NO3/c1-16-7-4-5-8-17(16)10-13-22(24)23-14-6-9-20(23)19-12-11-18(25-2)15-21(19)26-3/h4-5,7-8,10-13,15,20H,6,9,14H2,1-3H3/b13-10+/t20-/m1/s1. The highest BCUT2D eigenvalue weighted by molar-refractivity contribution is 5.92. The Balaban J connectivity index is 1.82. The number of rotatable bonds is 5. The fraction of sp³-hybridized carbons (Fsp3) is 0.318. The van der Waals surface area contributed by atoms with E-state index in [1.165, 1.54) is 0 Å². The van der Waals surface area contributed by atoms with Gasteiger partial charge in [-0.2, -0.15) is 0 Å². The van der Waals surface area contributed by atoms with E-state index >= 15 is 0 Å². The number of hydrogen-bond acceptors (Lipinski definition) is 3. The summed E-state index contributed by atoms with van der Waals surface area (Å²) in [5.41, 5.74) is 3.26. The van der Waals surface area contributed by atoms with Gasteiger partial charge >= 0.3 is 0 Å². The van der Waals surface area contributed by atoms with Gasteiger partial charge in [-0.05, 0) is 49.1 Å². The van der Waals surface area contributed by atoms with Crippen LogP contribution in [0.25, 0.3) is 6.08 Å². The van der Waals surface area contributed by atoms with Crippen LogP contribution >= 0.6 is 0 Å². The van der Waals surface area contributed by atoms with Crippen molar-refractivity contribution in [2.24, 2.45) is 0 Å². The molecular weight excluding hydrogens is 326 g/mol. The summed E-state index contributed by atoms with van der Waals surface area (Å²) in [4.78, 5) is 14.7. The highest BCUT2D eigenvalue weighted by atomic mass is 16.5. The normalized spacial score (nSPS) is 16.9. The van der Waals surface area contributed by atoms with Crippen molar-refractivity contribution < 1.29 is 14.3 Å². The van der Waals surface area contributed by atoms with Crippen LogP contribution in [0.4, 0.5) is 0 Å². The molecule has 2 aromatic rings. The molecule has 0 spiro atoms. The quantitative estimate of drug-likeness (QED) is 0.750. The number of benzene rings is 2. The number of ether oxygens (including phenoxy) is 2. The van der Waals surface area contributed by atoms with E-state index in [4.69, 9.17) is 9.47 Å². The molecule has 26 heavy (non-hydrogen) atoms. The molecule has 1 heterocycles. The van der Waals surface area contributed by atoms with E-state index in [0.29, 0.717) is 0 Å². The van der Waals surface area contributed by atoms with Gasteiger partial charge in [-0.1, -0.05) is 24.3 Å². The lowest BCUT2D eigenvalue weighted by Crippen LogP contribution is -2.29. The van der Waals surface area contributed by atoms with Crippen LogP contribution in [0, 0.1) is 6.92 Å². The second-order valence-electron chi connectivity index (χ2n) is 6.49. The Hall–Kier alpha value is -2.75. The molecule has 2 aromatic carbocycles. The number of carbonyl (C=O) groups excluding carboxylic acids is 1. The highest BCUT2D eigenvalue weighted by Crippen LogP contribution is 2.38. The molecule has 4 heteroatoms. The van der Waals surface area contributed by atoms with E-state index < -0.39 is 0 Å². The first-order chi connectivity index (χ1) is 12.6. The molecule has 0 saturated carbocycles. The van der Waals surface area contributed by atoms with Crippen molar-refractivity contribution in [3.05, 3.63) is 65.2 Å². The van der Waals surface area contributed by atoms with Crippen molar-refractivity contribution >= 4 is 12.0 Å². The Bertz CT molecular complexity index is 813. The second kappa shape index (κ2) is 8.09. The van der Waals surface area contributed by atoms with Gasteiger partial charge in [0.15, 0.2) is 0 Å². The number of amides is 1. The van der Waals surface area contributed by atoms with Gasteiger partial charge < -0.3 is 14.4 Å². The first-order valence-electron chi connectivity index (χ1n) is 8.90. The molecule has 3 rings (SSSR count). The Morgan fingerprint density at radius 1 is 1.15 bits per heavy atom. The summed E-state index contributed by atoms with van der Waals surface area (Å²) in [6.45, 7) is 2.81. The van der Waals surface area contributed by atoms with Crippen molar-refractivity contribution in [1.82, 2.24) is 4.90 Å². The molecule has 1 aliphatic heterocycles. The monoisotopic (exact) mass is 351 g/mol. The fourth-order valence-electron chi connectivity index (χ4n) is 3.48. The highest BCUT2D eigenvalue weighted by Gasteiger charge is 2.30. The van der Waals surface area contributed by atoms with Crippen LogP contribution in [0.5, 0.6) is 11.5 Å². The van der Waals surface area contributed by atoms with E-state index in [2.05, 4.69) is 0 Å². The molecular formula is C22H25NO3. The number of nitrogens with zero attached hydrogens (tertiary/aromatic N) is 1. The molecule has 0 aromatic heterocycles. The van der Waals surface area contributed by atoms with E-state index in [0.717, 1.165) is 47.6 Å². The molecule has 0 radical (unpaired) electrons. The molecule has 0 unspecified atom stereocenters. The third-order valence-electron chi connectivity index (χ3n) is 4.93. The van der Waals surface area contributed by atoms with Gasteiger partial charge in [0.25, 0.3) is 0 Å². The van der Waals surface area contributed by atoms with E-state index in [1.807, 2.05) is 60.4 Å². The van der Waals surface area contributed by atoms with Crippen molar-refractivity contribution in [3.63, 3.8) is 0 Å². The first kappa shape index (κ1) is 18.1. The number of carbonyl (C=O) groups is 1. The zero-order chi connectivity index (χ0) is 18.5. The van der Waals surface area contributed by atoms with Crippen LogP contribution in [0.15, 0.2) is 48.5 Å². The molecule has 1 fully saturated rings. The maximum Gasteiger partial charge on any atom is 0.247 e. The van der Waals surface area contributed by atoms with Crippen LogP contribution in [0.3, 0.4) is 0 Å². The van der Waals surface area contributed by atoms with Crippen LogP contribution in [0.1, 0.15) is 35.6 Å². The van der Waals surface area contributed by atoms with E-state index in [9.17, 15) is 4.79 Å². The molecule has 1 aliphatic rings. The van der Waals surface area contributed by atoms with Gasteiger partial charge in [0.1, 0.15) is 11.5 Å². The Morgan fingerprint density at radius 2 is 1.96 bits per heavy atom. The lowest BCUT2D eigenvalue weighted by Gasteiger charge is -2.25. The van der Waals surface area contributed by atoms with Crippen molar-refractivity contribution in [1.29, 1.82) is 0 Å². The maximum atomic E-state index is 12.8. The Kier molecular flexibility index (Phi) is 5.61. The summed E-state index contributed by atoms with van der Waals surface area (Å²) < 4.78 is 10.8. The van der Waals surface area contributed by atoms with Gasteiger partial charge in [-0.15, -0.1) is 0 Å². The first-order valence-corrected chi connectivity index (χ1v) is 8.90. The maximum absolute atomic E-state index is 12.8. The smallest absolute Gasteiger partial charge is 0.247 e. The third kappa shape index (κ3) is 3.74. The average molecular weight is 351 g/mol. The molecule has 0 bridgehead atoms. The predicted octanol–water partition coefficient (Wildman–Crippen LogP) is 4.39. The van der Waals surface area contributed by atoms with E-state index in [1.54, 1.807) is 20.3 Å². The summed E-state index contributed by atoms with van der Waals surface area (Å²) in [6.07, 6.45) is 5.51. The minimum absolute atomic E-state index is 0.0323. The fourth-order valence-corrected chi connectivity index (χ4v) is 3.48. The predicted molar refractivity (Wildman–Crippen MR) is 103 cm³/mol. The van der Waals surface area contributed by atoms with Crippen molar-refractivity contribution in [3.8, 4) is 11.5 Å². The molecule has 1 amide bonds. The topological polar surface area (TPSA) is 38.8 Å². The number of hydrogen-bond donors (Lipinski definition) is 0. The zero-order valence-corrected chi connectivity index (χ0v) is 15.6. The number of likely N-dealkylation sites (tertiary alicyclic amines) is 1. The zero-order valence-electron chi connectivity index (χ0n) is 15.6. The Morgan fingerprint density at radius 3 is 2.69 bits per heavy atom. The molecule has 1 saturated heterocycles. The van der Waals surface area contributed by atoms with E-state index in [-0.39, 0.29) is 11.9 Å². The Labute approximate surface area is 155 Å². The lowest BCUT2D eigenvalue weighted by molar-refractivity contribution is -0.126. The van der Waals surface area contributed by atoms with Gasteiger partial charge in [-0.25, -0.2) is 0 Å². The summed E-state index contributed by atoms with van der Waals surface area (Å²) in [7, 11) is 3.29. The number of methoxy groups -OCH3 is 2. The third-order valence-corrected chi connectivity index (χ3v) is 4.93. The van der Waals surface area contributed by atoms with Crippen molar-refractivity contribution in [2.75, 3.05) is 20.8 Å². The molecule has 0 aliphatic carbocycles. The van der Waals surface area contributed by atoms with Gasteiger partial charge in [0.2, 0.25) is 5.91 Å². The average Bonchev–Trinajstić information content (AvgIpc) is 3.16.